The van der Waals surface area contributed by atoms with Gasteiger partial charge in [-0.3, -0.25) is 14.5 Å². The van der Waals surface area contributed by atoms with Gasteiger partial charge in [-0.15, -0.1) is 0 Å². The fraction of sp³-hybridized carbons (Fsp3) is 0.579. The van der Waals surface area contributed by atoms with E-state index in [4.69, 9.17) is 4.74 Å². The van der Waals surface area contributed by atoms with E-state index < -0.39 is 0 Å². The molecule has 1 aromatic rings. The molecule has 0 aromatic heterocycles. The van der Waals surface area contributed by atoms with Crippen molar-refractivity contribution in [2.45, 2.75) is 32.5 Å². The average molecular weight is 345 g/mol. The summed E-state index contributed by atoms with van der Waals surface area (Å²) >= 11 is 0. The number of para-hydroxylation sites is 1. The summed E-state index contributed by atoms with van der Waals surface area (Å²) in [6, 6.07) is 9.53. The zero-order chi connectivity index (χ0) is 17.8. The molecule has 0 radical (unpaired) electrons. The monoisotopic (exact) mass is 345 g/mol. The van der Waals surface area contributed by atoms with Gasteiger partial charge >= 0.3 is 0 Å². The van der Waals surface area contributed by atoms with Crippen LogP contribution >= 0.6 is 0 Å². The first-order valence-corrected chi connectivity index (χ1v) is 9.04. The van der Waals surface area contributed by atoms with Crippen LogP contribution in [0.1, 0.15) is 20.3 Å². The summed E-state index contributed by atoms with van der Waals surface area (Å²) < 4.78 is 5.72. The molecule has 3 atom stereocenters. The lowest BCUT2D eigenvalue weighted by Crippen LogP contribution is -2.48. The molecule has 2 fully saturated rings. The summed E-state index contributed by atoms with van der Waals surface area (Å²) in [5, 5.41) is 2.99. The third-order valence-corrected chi connectivity index (χ3v) is 4.79. The van der Waals surface area contributed by atoms with Crippen molar-refractivity contribution in [1.82, 2.24) is 10.2 Å². The number of benzene rings is 1. The maximum atomic E-state index is 12.4. The Bertz CT molecular complexity index is 597. The molecule has 6 heteroatoms. The Morgan fingerprint density at radius 1 is 1.16 bits per heavy atom. The molecule has 2 amide bonds. The first kappa shape index (κ1) is 17.9. The van der Waals surface area contributed by atoms with Gasteiger partial charge in [0.1, 0.15) is 0 Å². The van der Waals surface area contributed by atoms with Crippen LogP contribution < -0.4 is 10.2 Å². The normalized spacial score (nSPS) is 27.5. The predicted octanol–water partition coefficient (Wildman–Crippen LogP) is 1.26. The van der Waals surface area contributed by atoms with Gasteiger partial charge in [0.05, 0.1) is 18.1 Å². The maximum Gasteiger partial charge on any atom is 0.227 e. The summed E-state index contributed by atoms with van der Waals surface area (Å²) in [5.74, 6) is -0.279. The number of anilines is 1. The molecule has 2 aliphatic heterocycles. The van der Waals surface area contributed by atoms with Crippen LogP contribution in [0.3, 0.4) is 0 Å². The van der Waals surface area contributed by atoms with Crippen molar-refractivity contribution in [2.75, 3.05) is 37.6 Å². The highest BCUT2D eigenvalue weighted by atomic mass is 16.5. The van der Waals surface area contributed by atoms with Crippen LogP contribution in [-0.4, -0.2) is 61.6 Å². The molecule has 0 bridgehead atoms. The Balaban J connectivity index is 1.45. The molecule has 1 N–H and O–H groups in total. The molecule has 136 valence electrons. The van der Waals surface area contributed by atoms with E-state index in [1.165, 1.54) is 0 Å². The zero-order valence-electron chi connectivity index (χ0n) is 15.0. The Hall–Kier alpha value is -1.92. The molecule has 0 aliphatic carbocycles. The third kappa shape index (κ3) is 4.58. The number of carbonyl (C=O) groups excluding carboxylic acids is 2. The zero-order valence-corrected chi connectivity index (χ0v) is 15.0. The summed E-state index contributed by atoms with van der Waals surface area (Å²) in [7, 11) is 0. The minimum absolute atomic E-state index is 0.0159. The average Bonchev–Trinajstić information content (AvgIpc) is 2.97. The molecule has 1 aromatic carbocycles. The molecule has 25 heavy (non-hydrogen) atoms. The van der Waals surface area contributed by atoms with E-state index in [2.05, 4.69) is 24.1 Å². The van der Waals surface area contributed by atoms with Crippen LogP contribution in [0.4, 0.5) is 5.69 Å². The van der Waals surface area contributed by atoms with E-state index in [-0.39, 0.29) is 36.4 Å². The third-order valence-electron chi connectivity index (χ3n) is 4.79. The topological polar surface area (TPSA) is 61.9 Å². The highest BCUT2D eigenvalue weighted by Crippen LogP contribution is 2.24. The van der Waals surface area contributed by atoms with Crippen molar-refractivity contribution in [3.8, 4) is 0 Å². The molecule has 0 unspecified atom stereocenters. The van der Waals surface area contributed by atoms with Gasteiger partial charge < -0.3 is 15.0 Å². The lowest BCUT2D eigenvalue weighted by atomic mass is 10.1. The van der Waals surface area contributed by atoms with E-state index in [1.54, 1.807) is 4.90 Å². The standard InChI is InChI=1S/C19H27N3O3/c1-14-11-21(12-15(2)25-14)9-8-20-19(24)16-10-18(23)22(13-16)17-6-4-3-5-7-17/h3-7,14-16H,8-13H2,1-2H3,(H,20,24)/t14-,15+,16-/m0/s1. The van der Waals surface area contributed by atoms with Gasteiger partial charge in [-0.1, -0.05) is 18.2 Å². The van der Waals surface area contributed by atoms with Crippen molar-refractivity contribution in [3.05, 3.63) is 30.3 Å². The molecule has 2 saturated heterocycles. The van der Waals surface area contributed by atoms with Crippen molar-refractivity contribution >= 4 is 17.5 Å². The summed E-state index contributed by atoms with van der Waals surface area (Å²) in [6.07, 6.45) is 0.740. The fourth-order valence-electron chi connectivity index (χ4n) is 3.69. The van der Waals surface area contributed by atoms with Gasteiger partial charge in [-0.05, 0) is 26.0 Å². The lowest BCUT2D eigenvalue weighted by molar-refractivity contribution is -0.126. The highest BCUT2D eigenvalue weighted by Gasteiger charge is 2.35. The van der Waals surface area contributed by atoms with Crippen LogP contribution in [-0.2, 0) is 14.3 Å². The SMILES string of the molecule is C[C@@H]1CN(CCNC(=O)[C@H]2CC(=O)N(c3ccccc3)C2)C[C@H](C)O1. The number of hydrogen-bond donors (Lipinski definition) is 1. The smallest absolute Gasteiger partial charge is 0.227 e. The van der Waals surface area contributed by atoms with Crippen LogP contribution in [0.5, 0.6) is 0 Å². The molecular weight excluding hydrogens is 318 g/mol. The van der Waals surface area contributed by atoms with Gasteiger partial charge in [-0.2, -0.15) is 0 Å². The van der Waals surface area contributed by atoms with Gasteiger partial charge in [-0.25, -0.2) is 0 Å². The van der Waals surface area contributed by atoms with Gasteiger partial charge in [0.15, 0.2) is 0 Å². The minimum Gasteiger partial charge on any atom is -0.373 e. The lowest BCUT2D eigenvalue weighted by Gasteiger charge is -2.35. The Labute approximate surface area is 149 Å². The van der Waals surface area contributed by atoms with Crippen molar-refractivity contribution < 1.29 is 14.3 Å². The second-order valence-corrected chi connectivity index (χ2v) is 7.05. The van der Waals surface area contributed by atoms with E-state index in [0.29, 0.717) is 13.1 Å². The summed E-state index contributed by atoms with van der Waals surface area (Å²) in [5.41, 5.74) is 0.860. The van der Waals surface area contributed by atoms with E-state index >= 15 is 0 Å². The van der Waals surface area contributed by atoms with Gasteiger partial charge in [0.2, 0.25) is 11.8 Å². The minimum atomic E-state index is -0.268. The van der Waals surface area contributed by atoms with Crippen LogP contribution in [0.15, 0.2) is 30.3 Å². The van der Waals surface area contributed by atoms with Crippen LogP contribution in [0, 0.1) is 5.92 Å². The van der Waals surface area contributed by atoms with Gasteiger partial charge in [0.25, 0.3) is 0 Å². The largest absolute Gasteiger partial charge is 0.373 e. The predicted molar refractivity (Wildman–Crippen MR) is 96.4 cm³/mol. The molecular formula is C19H27N3O3. The van der Waals surface area contributed by atoms with E-state index in [0.717, 1.165) is 25.3 Å². The molecule has 3 rings (SSSR count). The number of rotatable bonds is 5. The second kappa shape index (κ2) is 7.97. The van der Waals surface area contributed by atoms with Crippen molar-refractivity contribution in [1.29, 1.82) is 0 Å². The number of hydrogen-bond acceptors (Lipinski definition) is 4. The fourth-order valence-corrected chi connectivity index (χ4v) is 3.69. The first-order valence-electron chi connectivity index (χ1n) is 9.04. The maximum absolute atomic E-state index is 12.4. The number of nitrogens with zero attached hydrogens (tertiary/aromatic N) is 2. The van der Waals surface area contributed by atoms with Crippen molar-refractivity contribution in [2.24, 2.45) is 5.92 Å². The molecule has 0 spiro atoms. The Morgan fingerprint density at radius 3 is 2.52 bits per heavy atom. The molecule has 6 nitrogen and oxygen atoms in total. The number of amides is 2. The van der Waals surface area contributed by atoms with Crippen LogP contribution in [0.25, 0.3) is 0 Å². The molecule has 2 heterocycles. The van der Waals surface area contributed by atoms with Gasteiger partial charge in [0, 0.05) is 44.8 Å². The number of nitrogens with one attached hydrogen (secondary N) is 1. The number of carbonyl (C=O) groups is 2. The van der Waals surface area contributed by atoms with Crippen molar-refractivity contribution in [3.63, 3.8) is 0 Å². The summed E-state index contributed by atoms with van der Waals surface area (Å²) in [6.45, 7) is 7.81. The number of ether oxygens (including phenoxy) is 1. The van der Waals surface area contributed by atoms with E-state index in [9.17, 15) is 9.59 Å². The van der Waals surface area contributed by atoms with Crippen LogP contribution in [0.2, 0.25) is 0 Å². The summed E-state index contributed by atoms with van der Waals surface area (Å²) in [4.78, 5) is 28.6. The first-order chi connectivity index (χ1) is 12.0. The highest BCUT2D eigenvalue weighted by molar-refractivity contribution is 6.00. The second-order valence-electron chi connectivity index (χ2n) is 7.05. The molecule has 2 aliphatic rings. The quantitative estimate of drug-likeness (QED) is 0.873. The number of morpholine rings is 1. The molecule has 0 saturated carbocycles. The Kier molecular flexibility index (Phi) is 5.71. The van der Waals surface area contributed by atoms with E-state index in [1.807, 2.05) is 30.3 Å². The Morgan fingerprint density at radius 2 is 1.84 bits per heavy atom.